The lowest BCUT2D eigenvalue weighted by molar-refractivity contribution is -0.122. The van der Waals surface area contributed by atoms with Gasteiger partial charge in [0.05, 0.1) is 10.2 Å². The Hall–Kier alpha value is -1.62. The smallest absolute Gasteiger partial charge is 0.223 e. The molecule has 0 spiro atoms. The Morgan fingerprint density at radius 1 is 1.35 bits per heavy atom. The number of hydrogen-bond donors (Lipinski definition) is 1. The summed E-state index contributed by atoms with van der Waals surface area (Å²) in [4.78, 5) is 12.2. The summed E-state index contributed by atoms with van der Waals surface area (Å²) < 4.78 is 3.07. The number of aromatic nitrogens is 2. The van der Waals surface area contributed by atoms with Gasteiger partial charge in [0.2, 0.25) is 5.91 Å². The fourth-order valence-corrected chi connectivity index (χ4v) is 3.30. The zero-order chi connectivity index (χ0) is 16.4. The third kappa shape index (κ3) is 3.66. The molecule has 0 radical (unpaired) electrons. The van der Waals surface area contributed by atoms with Crippen LogP contribution in [0.3, 0.4) is 0 Å². The predicted octanol–water partition coefficient (Wildman–Crippen LogP) is 3.57. The number of aryl methyl sites for hydroxylation is 2. The first-order valence-corrected chi connectivity index (χ1v) is 8.89. The minimum absolute atomic E-state index is 0.153. The molecule has 1 aliphatic carbocycles. The Balaban J connectivity index is 1.41. The number of halogens is 1. The summed E-state index contributed by atoms with van der Waals surface area (Å²) in [6, 6.07) is 10.3. The van der Waals surface area contributed by atoms with Crippen molar-refractivity contribution in [2.45, 2.75) is 39.2 Å². The SMILES string of the molecule is Cc1nn(CCCNC(=O)C2CC2c2ccccc2)c(C)c1Br. The minimum Gasteiger partial charge on any atom is -0.356 e. The number of benzene rings is 1. The highest BCUT2D eigenvalue weighted by atomic mass is 79.9. The van der Waals surface area contributed by atoms with Gasteiger partial charge in [0.25, 0.3) is 0 Å². The van der Waals surface area contributed by atoms with Gasteiger partial charge in [0.15, 0.2) is 0 Å². The molecule has 0 bridgehead atoms. The molecule has 1 saturated carbocycles. The van der Waals surface area contributed by atoms with E-state index in [0.717, 1.165) is 35.2 Å². The number of amides is 1. The Kier molecular flexibility index (Phi) is 4.85. The molecular weight excluding hydrogens is 354 g/mol. The molecule has 2 unspecified atom stereocenters. The van der Waals surface area contributed by atoms with E-state index in [1.807, 2.05) is 29.8 Å². The summed E-state index contributed by atoms with van der Waals surface area (Å²) >= 11 is 3.54. The lowest BCUT2D eigenvalue weighted by Gasteiger charge is -2.07. The number of rotatable bonds is 6. The van der Waals surface area contributed by atoms with E-state index in [1.165, 1.54) is 5.56 Å². The first-order chi connectivity index (χ1) is 11.1. The molecule has 3 rings (SSSR count). The molecular formula is C18H22BrN3O. The summed E-state index contributed by atoms with van der Waals surface area (Å²) in [6.07, 6.45) is 1.86. The lowest BCUT2D eigenvalue weighted by Crippen LogP contribution is -2.27. The quantitative estimate of drug-likeness (QED) is 0.784. The maximum atomic E-state index is 12.2. The topological polar surface area (TPSA) is 46.9 Å². The van der Waals surface area contributed by atoms with Crippen LogP contribution in [0.25, 0.3) is 0 Å². The van der Waals surface area contributed by atoms with Gasteiger partial charge in [0, 0.05) is 24.7 Å². The molecule has 1 heterocycles. The van der Waals surface area contributed by atoms with Gasteiger partial charge in [-0.1, -0.05) is 30.3 Å². The molecule has 1 aromatic carbocycles. The van der Waals surface area contributed by atoms with Gasteiger partial charge in [-0.25, -0.2) is 0 Å². The lowest BCUT2D eigenvalue weighted by atomic mass is 10.1. The maximum Gasteiger partial charge on any atom is 0.223 e. The van der Waals surface area contributed by atoms with Crippen molar-refractivity contribution in [3.8, 4) is 0 Å². The maximum absolute atomic E-state index is 12.2. The number of nitrogens with zero attached hydrogens (tertiary/aromatic N) is 2. The Morgan fingerprint density at radius 2 is 2.09 bits per heavy atom. The van der Waals surface area contributed by atoms with Crippen LogP contribution in [0.5, 0.6) is 0 Å². The summed E-state index contributed by atoms with van der Waals surface area (Å²) in [5, 5.41) is 7.55. The third-order valence-electron chi connectivity index (χ3n) is 4.49. The second-order valence-electron chi connectivity index (χ2n) is 6.21. The van der Waals surface area contributed by atoms with Crippen LogP contribution in [-0.4, -0.2) is 22.2 Å². The molecule has 0 saturated heterocycles. The third-order valence-corrected chi connectivity index (χ3v) is 5.64. The monoisotopic (exact) mass is 375 g/mol. The molecule has 1 fully saturated rings. The largest absolute Gasteiger partial charge is 0.356 e. The predicted molar refractivity (Wildman–Crippen MR) is 94.3 cm³/mol. The van der Waals surface area contributed by atoms with Crippen LogP contribution in [0.4, 0.5) is 0 Å². The van der Waals surface area contributed by atoms with Crippen LogP contribution in [0, 0.1) is 19.8 Å². The molecule has 4 nitrogen and oxygen atoms in total. The standard InChI is InChI=1S/C18H22BrN3O/c1-12-17(19)13(2)22(21-12)10-6-9-20-18(23)16-11-15(16)14-7-4-3-5-8-14/h3-5,7-8,15-16H,6,9-11H2,1-2H3,(H,20,23). The molecule has 1 N–H and O–H groups in total. The highest BCUT2D eigenvalue weighted by Crippen LogP contribution is 2.47. The molecule has 2 aromatic rings. The Labute approximate surface area is 145 Å². The van der Waals surface area contributed by atoms with Crippen molar-refractivity contribution in [1.29, 1.82) is 0 Å². The normalized spacial score (nSPS) is 19.6. The van der Waals surface area contributed by atoms with E-state index < -0.39 is 0 Å². The molecule has 1 aliphatic rings. The van der Waals surface area contributed by atoms with E-state index in [1.54, 1.807) is 0 Å². The summed E-state index contributed by atoms with van der Waals surface area (Å²) in [5.41, 5.74) is 3.43. The number of hydrogen-bond acceptors (Lipinski definition) is 2. The van der Waals surface area contributed by atoms with Gasteiger partial charge < -0.3 is 5.32 Å². The van der Waals surface area contributed by atoms with Crippen LogP contribution in [0.15, 0.2) is 34.8 Å². The van der Waals surface area contributed by atoms with Gasteiger partial charge in [-0.2, -0.15) is 5.10 Å². The summed E-state index contributed by atoms with van der Waals surface area (Å²) in [6.45, 7) is 5.57. The van der Waals surface area contributed by atoms with Crippen molar-refractivity contribution in [1.82, 2.24) is 15.1 Å². The van der Waals surface area contributed by atoms with Crippen molar-refractivity contribution in [2.24, 2.45) is 5.92 Å². The van der Waals surface area contributed by atoms with Crippen LogP contribution >= 0.6 is 15.9 Å². The Bertz CT molecular complexity index is 696. The summed E-state index contributed by atoms with van der Waals surface area (Å²) in [5.74, 6) is 0.747. The Morgan fingerprint density at radius 3 is 2.74 bits per heavy atom. The second-order valence-corrected chi connectivity index (χ2v) is 7.00. The number of carbonyl (C=O) groups excluding carboxylic acids is 1. The van der Waals surface area contributed by atoms with E-state index in [2.05, 4.69) is 45.4 Å². The first-order valence-electron chi connectivity index (χ1n) is 8.10. The van der Waals surface area contributed by atoms with Crippen molar-refractivity contribution in [3.05, 3.63) is 51.8 Å². The fourth-order valence-electron chi connectivity index (χ4n) is 3.02. The average Bonchev–Trinajstić information content (AvgIpc) is 3.33. The van der Waals surface area contributed by atoms with Gasteiger partial charge in [0.1, 0.15) is 0 Å². The highest BCUT2D eigenvalue weighted by molar-refractivity contribution is 9.10. The van der Waals surface area contributed by atoms with E-state index in [4.69, 9.17) is 0 Å². The van der Waals surface area contributed by atoms with Crippen molar-refractivity contribution < 1.29 is 4.79 Å². The van der Waals surface area contributed by atoms with Gasteiger partial charge >= 0.3 is 0 Å². The van der Waals surface area contributed by atoms with Crippen LogP contribution in [0.1, 0.15) is 35.7 Å². The molecule has 1 amide bonds. The summed E-state index contributed by atoms with van der Waals surface area (Å²) in [7, 11) is 0. The van der Waals surface area contributed by atoms with Crippen LogP contribution in [0.2, 0.25) is 0 Å². The number of nitrogens with one attached hydrogen (secondary N) is 1. The fraction of sp³-hybridized carbons (Fsp3) is 0.444. The molecule has 0 aliphatic heterocycles. The van der Waals surface area contributed by atoms with E-state index >= 15 is 0 Å². The van der Waals surface area contributed by atoms with Crippen molar-refractivity contribution in [2.75, 3.05) is 6.54 Å². The molecule has 2 atom stereocenters. The second kappa shape index (κ2) is 6.87. The minimum atomic E-state index is 0.153. The van der Waals surface area contributed by atoms with Gasteiger partial charge in [-0.3, -0.25) is 9.48 Å². The molecule has 1 aromatic heterocycles. The van der Waals surface area contributed by atoms with Crippen molar-refractivity contribution >= 4 is 21.8 Å². The van der Waals surface area contributed by atoms with E-state index in [9.17, 15) is 4.79 Å². The zero-order valence-corrected chi connectivity index (χ0v) is 15.1. The van der Waals surface area contributed by atoms with E-state index in [-0.39, 0.29) is 11.8 Å². The first kappa shape index (κ1) is 16.2. The molecule has 122 valence electrons. The van der Waals surface area contributed by atoms with Crippen molar-refractivity contribution in [3.63, 3.8) is 0 Å². The number of carbonyl (C=O) groups is 1. The van der Waals surface area contributed by atoms with Gasteiger partial charge in [-0.05, 0) is 54.1 Å². The molecule has 5 heteroatoms. The average molecular weight is 376 g/mol. The van der Waals surface area contributed by atoms with E-state index in [0.29, 0.717) is 12.5 Å². The highest BCUT2D eigenvalue weighted by Gasteiger charge is 2.43. The van der Waals surface area contributed by atoms with Crippen LogP contribution < -0.4 is 5.32 Å². The zero-order valence-electron chi connectivity index (χ0n) is 13.6. The van der Waals surface area contributed by atoms with Crippen LogP contribution in [-0.2, 0) is 11.3 Å². The molecule has 23 heavy (non-hydrogen) atoms. The van der Waals surface area contributed by atoms with Gasteiger partial charge in [-0.15, -0.1) is 0 Å².